The molecular formula is C42H49N7O5. The number of nitrogens with one attached hydrogen (secondary N) is 3. The Hall–Kier alpha value is -5.39. The number of carbonyl (C=O) groups excluding carboxylic acids is 3. The molecule has 1 saturated carbocycles. The average Bonchev–Trinajstić information content (AvgIpc) is 3.58. The quantitative estimate of drug-likeness (QED) is 0.153. The first kappa shape index (κ1) is 35.6. The molecule has 282 valence electrons. The molecule has 3 amide bonds. The Morgan fingerprint density at radius 1 is 0.889 bits per heavy atom. The van der Waals surface area contributed by atoms with Crippen LogP contribution in [-0.2, 0) is 14.3 Å². The largest absolute Gasteiger partial charge is 0.453 e. The number of likely N-dealkylation sites (tertiary alicyclic amines) is 2. The number of ether oxygens (including phenoxy) is 2. The zero-order valence-corrected chi connectivity index (χ0v) is 32.0. The number of hydrogen-bond acceptors (Lipinski definition) is 7. The number of methoxy groups -OCH3 is 1. The number of hydrogen-bond donors (Lipinski definition) is 3. The first-order chi connectivity index (χ1) is 25.8. The number of imidazole rings is 2. The normalized spacial score (nSPS) is 22.9. The monoisotopic (exact) mass is 731 g/mol. The van der Waals surface area contributed by atoms with Crippen molar-refractivity contribution >= 4 is 39.9 Å². The van der Waals surface area contributed by atoms with Crippen LogP contribution in [-0.4, -0.2) is 79.2 Å². The first-order valence-electron chi connectivity index (χ1n) is 19.0. The lowest BCUT2D eigenvalue weighted by molar-refractivity contribution is -0.136. The molecule has 0 bridgehead atoms. The third kappa shape index (κ3) is 6.78. The molecule has 3 fully saturated rings. The molecule has 5 aromatic rings. The fourth-order valence-corrected chi connectivity index (χ4v) is 8.31. The standard InChI is InChI=1S/C42H49N7O5/c1-22(2)36(47-40(51)53-7)39(50)49-33-18-29(33)19-35(49)37-43-20-32(46-37)28-11-10-24-15-25(8-9-26(24)16-28)27-12-13-30-31(17-27)45-38(44-30)34-14-23(3)21-48(34)41(52)54-42(4,5)6/h8-13,15-17,20,22-23,29,33-36H,14,18-19,21H2,1-7H3,(H,43,46)(H,44,45)(H,47,51)/t23-,29?,33-,34?,35+,36+/m1/s1. The predicted octanol–water partition coefficient (Wildman–Crippen LogP) is 8.13. The molecule has 12 heteroatoms. The molecule has 3 aromatic carbocycles. The van der Waals surface area contributed by atoms with Gasteiger partial charge in [0.2, 0.25) is 5.91 Å². The summed E-state index contributed by atoms with van der Waals surface area (Å²) in [5, 5.41) is 4.94. The zero-order chi connectivity index (χ0) is 38.1. The Bertz CT molecular complexity index is 2250. The summed E-state index contributed by atoms with van der Waals surface area (Å²) in [4.78, 5) is 59.4. The molecule has 4 heterocycles. The van der Waals surface area contributed by atoms with Crippen molar-refractivity contribution in [1.29, 1.82) is 0 Å². The molecule has 54 heavy (non-hydrogen) atoms. The van der Waals surface area contributed by atoms with Gasteiger partial charge in [0.05, 0.1) is 35.9 Å². The zero-order valence-electron chi connectivity index (χ0n) is 32.0. The van der Waals surface area contributed by atoms with Crippen LogP contribution in [0.5, 0.6) is 0 Å². The van der Waals surface area contributed by atoms with E-state index in [0.29, 0.717) is 18.4 Å². The van der Waals surface area contributed by atoms with Gasteiger partial charge in [-0.1, -0.05) is 51.1 Å². The lowest BCUT2D eigenvalue weighted by Gasteiger charge is -2.31. The number of benzene rings is 3. The van der Waals surface area contributed by atoms with E-state index in [4.69, 9.17) is 19.4 Å². The highest BCUT2D eigenvalue weighted by Crippen LogP contribution is 2.53. The molecule has 8 rings (SSSR count). The van der Waals surface area contributed by atoms with Gasteiger partial charge >= 0.3 is 12.2 Å². The van der Waals surface area contributed by atoms with Gasteiger partial charge < -0.3 is 29.7 Å². The fraction of sp³-hybridized carbons (Fsp3) is 0.452. The number of alkyl carbamates (subject to hydrolysis) is 1. The Kier molecular flexibility index (Phi) is 8.89. The van der Waals surface area contributed by atoms with Crippen LogP contribution in [0.4, 0.5) is 9.59 Å². The molecule has 2 aliphatic heterocycles. The summed E-state index contributed by atoms with van der Waals surface area (Å²) in [7, 11) is 1.31. The summed E-state index contributed by atoms with van der Waals surface area (Å²) in [5.41, 5.74) is 5.19. The van der Waals surface area contributed by atoms with E-state index < -0.39 is 17.7 Å². The van der Waals surface area contributed by atoms with E-state index in [9.17, 15) is 14.4 Å². The number of H-pyrrole nitrogens is 2. The molecular weight excluding hydrogens is 683 g/mol. The fourth-order valence-electron chi connectivity index (χ4n) is 8.31. The first-order valence-corrected chi connectivity index (χ1v) is 19.0. The van der Waals surface area contributed by atoms with E-state index >= 15 is 0 Å². The van der Waals surface area contributed by atoms with Crippen molar-refractivity contribution in [3.63, 3.8) is 0 Å². The molecule has 12 nitrogen and oxygen atoms in total. The van der Waals surface area contributed by atoms with Gasteiger partial charge in [0.15, 0.2) is 0 Å². The van der Waals surface area contributed by atoms with Gasteiger partial charge in [0, 0.05) is 24.3 Å². The van der Waals surface area contributed by atoms with E-state index in [0.717, 1.165) is 75.1 Å². The molecule has 2 aromatic heterocycles. The van der Waals surface area contributed by atoms with E-state index in [1.54, 1.807) is 4.90 Å². The van der Waals surface area contributed by atoms with Gasteiger partial charge in [0.1, 0.15) is 23.3 Å². The van der Waals surface area contributed by atoms with Gasteiger partial charge in [0.25, 0.3) is 0 Å². The lowest BCUT2D eigenvalue weighted by atomic mass is 9.99. The molecule has 2 unspecified atom stereocenters. The number of aromatic nitrogens is 4. The summed E-state index contributed by atoms with van der Waals surface area (Å²) in [6, 6.07) is 18.2. The molecule has 2 saturated heterocycles. The second kappa shape index (κ2) is 13.5. The highest BCUT2D eigenvalue weighted by Gasteiger charge is 2.56. The third-order valence-electron chi connectivity index (χ3n) is 11.1. The molecule has 6 atom stereocenters. The van der Waals surface area contributed by atoms with Gasteiger partial charge in [-0.05, 0) is 104 Å². The number of nitrogens with zero attached hydrogens (tertiary/aromatic N) is 4. The van der Waals surface area contributed by atoms with Gasteiger partial charge in [-0.2, -0.15) is 0 Å². The van der Waals surface area contributed by atoms with Crippen LogP contribution in [0.2, 0.25) is 0 Å². The Balaban J connectivity index is 1.00. The number of aromatic amines is 2. The topological polar surface area (TPSA) is 146 Å². The summed E-state index contributed by atoms with van der Waals surface area (Å²) < 4.78 is 10.5. The SMILES string of the molecule is COC(=O)N[C@H](C(=O)N1[C@@H]2CC2C[C@H]1c1nc(-c2ccc3cc(-c4ccc5nc(C6C[C@@H](C)CN6C(=O)OC(C)(C)C)[nH]c5c4)ccc3c2)c[nH]1)C(C)C. The Labute approximate surface area is 315 Å². The number of amides is 3. The number of carbonyl (C=O) groups is 3. The van der Waals surface area contributed by atoms with E-state index in [1.807, 2.05) is 51.8 Å². The van der Waals surface area contributed by atoms with Crippen molar-refractivity contribution in [1.82, 2.24) is 35.1 Å². The summed E-state index contributed by atoms with van der Waals surface area (Å²) >= 11 is 0. The molecule has 0 radical (unpaired) electrons. The van der Waals surface area contributed by atoms with Crippen LogP contribution >= 0.6 is 0 Å². The Morgan fingerprint density at radius 2 is 1.59 bits per heavy atom. The maximum atomic E-state index is 13.8. The van der Waals surface area contributed by atoms with Crippen molar-refractivity contribution in [2.24, 2.45) is 17.8 Å². The number of piperidine rings is 1. The van der Waals surface area contributed by atoms with E-state index in [2.05, 4.69) is 70.7 Å². The van der Waals surface area contributed by atoms with Crippen LogP contribution in [0.25, 0.3) is 44.2 Å². The van der Waals surface area contributed by atoms with E-state index in [1.165, 1.54) is 7.11 Å². The maximum absolute atomic E-state index is 13.8. The highest BCUT2D eigenvalue weighted by atomic mass is 16.6. The van der Waals surface area contributed by atoms with Crippen molar-refractivity contribution in [2.75, 3.05) is 13.7 Å². The highest BCUT2D eigenvalue weighted by molar-refractivity contribution is 5.92. The number of rotatable bonds is 7. The summed E-state index contributed by atoms with van der Waals surface area (Å²) in [5.74, 6) is 2.16. The van der Waals surface area contributed by atoms with Crippen molar-refractivity contribution in [3.05, 3.63) is 72.4 Å². The van der Waals surface area contributed by atoms with Crippen molar-refractivity contribution in [3.8, 4) is 22.4 Å². The van der Waals surface area contributed by atoms with Crippen LogP contribution in [0, 0.1) is 17.8 Å². The average molecular weight is 732 g/mol. The number of fused-ring (bicyclic) bond motifs is 3. The Morgan fingerprint density at radius 3 is 2.31 bits per heavy atom. The maximum Gasteiger partial charge on any atom is 0.410 e. The minimum absolute atomic E-state index is 0.0918. The second-order valence-electron chi connectivity index (χ2n) is 16.7. The lowest BCUT2D eigenvalue weighted by Crippen LogP contribution is -2.52. The van der Waals surface area contributed by atoms with E-state index in [-0.39, 0.29) is 36.0 Å². The molecule has 1 aliphatic carbocycles. The summed E-state index contributed by atoms with van der Waals surface area (Å²) in [6.07, 6.45) is 3.66. The van der Waals surface area contributed by atoms with Crippen LogP contribution < -0.4 is 5.32 Å². The second-order valence-corrected chi connectivity index (χ2v) is 16.7. The van der Waals surface area contributed by atoms with Crippen molar-refractivity contribution < 1.29 is 23.9 Å². The third-order valence-corrected chi connectivity index (χ3v) is 11.1. The summed E-state index contributed by atoms with van der Waals surface area (Å²) in [6.45, 7) is 12.3. The van der Waals surface area contributed by atoms with Crippen LogP contribution in [0.3, 0.4) is 0 Å². The van der Waals surface area contributed by atoms with Crippen LogP contribution in [0.1, 0.15) is 84.5 Å². The minimum atomic E-state index is -0.671. The van der Waals surface area contributed by atoms with Gasteiger partial charge in [-0.25, -0.2) is 19.6 Å². The van der Waals surface area contributed by atoms with Crippen molar-refractivity contribution in [2.45, 2.75) is 90.6 Å². The van der Waals surface area contributed by atoms with Gasteiger partial charge in [-0.3, -0.25) is 9.69 Å². The molecule has 3 aliphatic rings. The van der Waals surface area contributed by atoms with Crippen LogP contribution in [0.15, 0.2) is 60.8 Å². The predicted molar refractivity (Wildman–Crippen MR) is 206 cm³/mol. The van der Waals surface area contributed by atoms with Gasteiger partial charge in [-0.15, -0.1) is 0 Å². The smallest absolute Gasteiger partial charge is 0.410 e. The molecule has 0 spiro atoms. The molecule has 3 N–H and O–H groups in total. The minimum Gasteiger partial charge on any atom is -0.453 e.